The van der Waals surface area contributed by atoms with Gasteiger partial charge in [0.15, 0.2) is 11.0 Å². The molecule has 0 aliphatic heterocycles. The Hall–Kier alpha value is -3.36. The predicted octanol–water partition coefficient (Wildman–Crippen LogP) is 5.71. The van der Waals surface area contributed by atoms with Crippen LogP contribution in [0, 0.1) is 6.92 Å². The summed E-state index contributed by atoms with van der Waals surface area (Å²) in [5, 5.41) is 12.6. The number of methoxy groups -OCH3 is 1. The number of para-hydroxylation sites is 2. The Morgan fingerprint density at radius 2 is 1.97 bits per heavy atom. The highest BCUT2D eigenvalue weighted by molar-refractivity contribution is 7.98. The first-order chi connectivity index (χ1) is 15.6. The van der Waals surface area contributed by atoms with Gasteiger partial charge in [0.2, 0.25) is 0 Å². The highest BCUT2D eigenvalue weighted by Crippen LogP contribution is 2.35. The summed E-state index contributed by atoms with van der Waals surface area (Å²) in [6.07, 6.45) is 0. The van der Waals surface area contributed by atoms with E-state index in [4.69, 9.17) is 9.15 Å². The first-order valence-corrected chi connectivity index (χ1v) is 11.8. The molecule has 0 radical (unpaired) electrons. The van der Waals surface area contributed by atoms with E-state index in [-0.39, 0.29) is 5.63 Å². The fraction of sp³-hybridized carbons (Fsp3) is 0.125. The zero-order valence-corrected chi connectivity index (χ0v) is 19.1. The number of aromatic nitrogens is 3. The molecule has 0 unspecified atom stereocenters. The number of rotatable bonds is 6. The summed E-state index contributed by atoms with van der Waals surface area (Å²) >= 11 is 3.12. The van der Waals surface area contributed by atoms with Crippen molar-refractivity contribution in [1.29, 1.82) is 0 Å². The van der Waals surface area contributed by atoms with Gasteiger partial charge in [-0.1, -0.05) is 42.1 Å². The lowest BCUT2D eigenvalue weighted by Crippen LogP contribution is -2.03. The molecule has 0 bridgehead atoms. The Kier molecular flexibility index (Phi) is 5.55. The molecule has 0 fully saturated rings. The van der Waals surface area contributed by atoms with Gasteiger partial charge < -0.3 is 9.15 Å². The fourth-order valence-corrected chi connectivity index (χ4v) is 5.19. The van der Waals surface area contributed by atoms with E-state index in [9.17, 15) is 4.79 Å². The normalized spacial score (nSPS) is 11.2. The van der Waals surface area contributed by atoms with Gasteiger partial charge in [0.25, 0.3) is 0 Å². The number of hydrogen-bond donors (Lipinski definition) is 0. The van der Waals surface area contributed by atoms with Crippen molar-refractivity contribution in [3.05, 3.63) is 87.6 Å². The topological polar surface area (TPSA) is 70.2 Å². The second-order valence-electron chi connectivity index (χ2n) is 7.17. The number of aryl methyl sites for hydroxylation is 1. The number of hydrogen-bond acceptors (Lipinski definition) is 7. The molecule has 8 heteroatoms. The van der Waals surface area contributed by atoms with Crippen LogP contribution in [0.3, 0.4) is 0 Å². The van der Waals surface area contributed by atoms with Gasteiger partial charge in [-0.15, -0.1) is 21.5 Å². The molecule has 0 amide bonds. The van der Waals surface area contributed by atoms with Crippen molar-refractivity contribution >= 4 is 34.1 Å². The standard InChI is InChI=1S/C24H19N3O3S2/c1-15-9-10-17-16(13-22(28)30-20(17)12-15)14-32-24-26-25-23(21-8-5-11-31-21)27(24)18-6-3-4-7-19(18)29-2/h3-13H,14H2,1-2H3. The number of thiophene rings is 1. The average Bonchev–Trinajstić information content (AvgIpc) is 3.46. The molecular formula is C24H19N3O3S2. The van der Waals surface area contributed by atoms with E-state index >= 15 is 0 Å². The van der Waals surface area contributed by atoms with Crippen molar-refractivity contribution in [2.45, 2.75) is 17.8 Å². The summed E-state index contributed by atoms with van der Waals surface area (Å²) < 4.78 is 13.0. The van der Waals surface area contributed by atoms with Crippen LogP contribution in [0.1, 0.15) is 11.1 Å². The fourth-order valence-electron chi connectivity index (χ4n) is 3.56. The van der Waals surface area contributed by atoms with Crippen LogP contribution < -0.4 is 10.4 Å². The third-order valence-corrected chi connectivity index (χ3v) is 6.89. The molecular weight excluding hydrogens is 442 g/mol. The Morgan fingerprint density at radius 1 is 1.09 bits per heavy atom. The third kappa shape index (κ3) is 3.83. The second kappa shape index (κ2) is 8.64. The Balaban J connectivity index is 1.58. The molecule has 2 aromatic carbocycles. The quantitative estimate of drug-likeness (QED) is 0.238. The van der Waals surface area contributed by atoms with E-state index in [1.807, 2.05) is 71.5 Å². The molecule has 3 aromatic heterocycles. The molecule has 0 aliphatic rings. The van der Waals surface area contributed by atoms with Gasteiger partial charge >= 0.3 is 5.63 Å². The van der Waals surface area contributed by atoms with Crippen LogP contribution in [0.25, 0.3) is 27.4 Å². The lowest BCUT2D eigenvalue weighted by molar-refractivity contribution is 0.412. The highest BCUT2D eigenvalue weighted by Gasteiger charge is 2.20. The maximum absolute atomic E-state index is 12.1. The van der Waals surface area contributed by atoms with E-state index in [0.29, 0.717) is 16.5 Å². The summed E-state index contributed by atoms with van der Waals surface area (Å²) in [6.45, 7) is 1.97. The second-order valence-corrected chi connectivity index (χ2v) is 9.06. The Bertz CT molecular complexity index is 1460. The van der Waals surface area contributed by atoms with E-state index in [1.165, 1.54) is 11.8 Å². The molecule has 0 saturated carbocycles. The monoisotopic (exact) mass is 461 g/mol. The number of benzene rings is 2. The first-order valence-electron chi connectivity index (χ1n) is 9.93. The smallest absolute Gasteiger partial charge is 0.336 e. The van der Waals surface area contributed by atoms with E-state index in [1.54, 1.807) is 24.5 Å². The molecule has 0 atom stereocenters. The molecule has 32 heavy (non-hydrogen) atoms. The average molecular weight is 462 g/mol. The van der Waals surface area contributed by atoms with Crippen LogP contribution in [-0.2, 0) is 5.75 Å². The van der Waals surface area contributed by atoms with Crippen molar-refractivity contribution in [3.8, 4) is 22.1 Å². The maximum Gasteiger partial charge on any atom is 0.336 e. The molecule has 3 heterocycles. The largest absolute Gasteiger partial charge is 0.495 e. The summed E-state index contributed by atoms with van der Waals surface area (Å²) in [5.41, 5.74) is 3.04. The summed E-state index contributed by atoms with van der Waals surface area (Å²) in [6, 6.07) is 19.3. The van der Waals surface area contributed by atoms with Crippen LogP contribution >= 0.6 is 23.1 Å². The van der Waals surface area contributed by atoms with Gasteiger partial charge in [0.05, 0.1) is 17.7 Å². The summed E-state index contributed by atoms with van der Waals surface area (Å²) in [7, 11) is 1.65. The van der Waals surface area contributed by atoms with Gasteiger partial charge in [-0.3, -0.25) is 4.57 Å². The van der Waals surface area contributed by atoms with E-state index < -0.39 is 0 Å². The lowest BCUT2D eigenvalue weighted by Gasteiger charge is -2.13. The predicted molar refractivity (Wildman–Crippen MR) is 128 cm³/mol. The molecule has 0 aliphatic carbocycles. The molecule has 0 spiro atoms. The minimum atomic E-state index is -0.357. The van der Waals surface area contributed by atoms with E-state index in [2.05, 4.69) is 10.2 Å². The Morgan fingerprint density at radius 3 is 2.78 bits per heavy atom. The minimum Gasteiger partial charge on any atom is -0.495 e. The zero-order valence-electron chi connectivity index (χ0n) is 17.4. The van der Waals surface area contributed by atoms with Gasteiger partial charge in [0.1, 0.15) is 11.3 Å². The number of nitrogens with zero attached hydrogens (tertiary/aromatic N) is 3. The van der Waals surface area contributed by atoms with Crippen LogP contribution in [0.15, 0.2) is 80.4 Å². The first kappa shape index (κ1) is 20.5. The van der Waals surface area contributed by atoms with Crippen molar-refractivity contribution in [3.63, 3.8) is 0 Å². The van der Waals surface area contributed by atoms with E-state index in [0.717, 1.165) is 38.7 Å². The lowest BCUT2D eigenvalue weighted by atomic mass is 10.1. The highest BCUT2D eigenvalue weighted by atomic mass is 32.2. The molecule has 5 rings (SSSR count). The number of fused-ring (bicyclic) bond motifs is 1. The Labute approximate surface area is 192 Å². The van der Waals surface area contributed by atoms with Gasteiger partial charge in [-0.25, -0.2) is 4.79 Å². The molecule has 160 valence electrons. The van der Waals surface area contributed by atoms with Crippen molar-refractivity contribution in [2.24, 2.45) is 0 Å². The van der Waals surface area contributed by atoms with Crippen LogP contribution in [0.4, 0.5) is 0 Å². The molecule has 0 N–H and O–H groups in total. The van der Waals surface area contributed by atoms with Gasteiger partial charge in [-0.2, -0.15) is 0 Å². The summed E-state index contributed by atoms with van der Waals surface area (Å²) in [4.78, 5) is 13.1. The SMILES string of the molecule is COc1ccccc1-n1c(SCc2cc(=O)oc3cc(C)ccc23)nnc1-c1cccs1. The third-order valence-electron chi connectivity index (χ3n) is 5.04. The van der Waals surface area contributed by atoms with Crippen LogP contribution in [0.5, 0.6) is 5.75 Å². The molecule has 6 nitrogen and oxygen atoms in total. The molecule has 5 aromatic rings. The van der Waals surface area contributed by atoms with Crippen molar-refractivity contribution in [1.82, 2.24) is 14.8 Å². The van der Waals surface area contributed by atoms with Gasteiger partial charge in [0, 0.05) is 17.2 Å². The van der Waals surface area contributed by atoms with Crippen LogP contribution in [-0.4, -0.2) is 21.9 Å². The number of ether oxygens (including phenoxy) is 1. The van der Waals surface area contributed by atoms with Crippen molar-refractivity contribution in [2.75, 3.05) is 7.11 Å². The number of thioether (sulfide) groups is 1. The minimum absolute atomic E-state index is 0.357. The van der Waals surface area contributed by atoms with Gasteiger partial charge in [-0.05, 0) is 47.7 Å². The zero-order chi connectivity index (χ0) is 22.1. The maximum atomic E-state index is 12.1. The summed E-state index contributed by atoms with van der Waals surface area (Å²) in [5.74, 6) is 2.02. The van der Waals surface area contributed by atoms with Crippen molar-refractivity contribution < 1.29 is 9.15 Å². The van der Waals surface area contributed by atoms with Crippen LogP contribution in [0.2, 0.25) is 0 Å². The molecule has 0 saturated heterocycles.